The predicted octanol–water partition coefficient (Wildman–Crippen LogP) is 38.2. The third-order valence-corrected chi connectivity index (χ3v) is 37.2. The van der Waals surface area contributed by atoms with E-state index in [-0.39, 0.29) is 0 Å². The molecule has 0 amide bonds. The summed E-state index contributed by atoms with van der Waals surface area (Å²) < 4.78 is 0. The molecule has 0 heteroatoms. The summed E-state index contributed by atoms with van der Waals surface area (Å²) in [4.78, 5) is 0. The van der Waals surface area contributed by atoms with Gasteiger partial charge in [-0.3, -0.25) is 0 Å². The Bertz CT molecular complexity index is 2060. The summed E-state index contributed by atoms with van der Waals surface area (Å²) in [6.45, 7) is 0. The van der Waals surface area contributed by atoms with Crippen molar-refractivity contribution in [3.8, 4) is 0 Å². The van der Waals surface area contributed by atoms with Crippen molar-refractivity contribution in [3.05, 3.63) is 0 Å². The third-order valence-electron chi connectivity index (χ3n) is 37.2. The third kappa shape index (κ3) is 31.7. The molecule has 0 aromatic carbocycles. The van der Waals surface area contributed by atoms with E-state index in [2.05, 4.69) is 0 Å². The minimum absolute atomic E-state index is 0.858. The van der Waals surface area contributed by atoms with Crippen molar-refractivity contribution >= 4 is 0 Å². The first-order chi connectivity index (χ1) is 53.1. The minimum Gasteiger partial charge on any atom is -0.0533 e. The summed E-state index contributed by atoms with van der Waals surface area (Å²) in [5.74, 6) is 0. The van der Waals surface area contributed by atoms with E-state index in [1.165, 1.54) is 372 Å². The van der Waals surface area contributed by atoms with Crippen LogP contribution in [0, 0.1) is 54.1 Å². The van der Waals surface area contributed by atoms with E-state index >= 15 is 0 Å². The molecule has 24 fully saturated rings. The van der Waals surface area contributed by atoms with E-state index in [0.717, 1.165) is 54.1 Å². The quantitative estimate of drug-likeness (QED) is 0.212. The van der Waals surface area contributed by atoms with E-state index in [4.69, 9.17) is 0 Å². The molecule has 0 nitrogen and oxygen atoms in total. The van der Waals surface area contributed by atoms with Crippen LogP contribution in [0.5, 0.6) is 0 Å². The number of hydrogen-bond donors (Lipinski definition) is 0. The zero-order valence-electron chi connectivity index (χ0n) is 74.3. The Morgan fingerprint density at radius 1 is 0.0463 bits per heavy atom. The zero-order valence-corrected chi connectivity index (χ0v) is 74.3. The Balaban J connectivity index is 0.000000116. The molecular formula is C108H196. The van der Waals surface area contributed by atoms with E-state index in [1.54, 1.807) is 257 Å². The van der Waals surface area contributed by atoms with Crippen LogP contribution in [0.4, 0.5) is 0 Å². The highest BCUT2D eigenvalue weighted by atomic mass is 14.5. The summed E-state index contributed by atoms with van der Waals surface area (Å²) in [5.41, 5.74) is 9.09. The van der Waals surface area contributed by atoms with Gasteiger partial charge in [-0.2, -0.15) is 0 Å². The molecule has 0 aliphatic heterocycles. The summed E-state index contributed by atoms with van der Waals surface area (Å²) in [6.07, 6.45) is 150. The fourth-order valence-corrected chi connectivity index (χ4v) is 27.1. The fraction of sp³-hybridized carbons (Fsp3) is 1.00. The van der Waals surface area contributed by atoms with Gasteiger partial charge in [0.15, 0.2) is 0 Å². The lowest BCUT2D eigenvalue weighted by atomic mass is 9.56. The van der Waals surface area contributed by atoms with Crippen LogP contribution in [-0.2, 0) is 0 Å². The summed E-state index contributed by atoms with van der Waals surface area (Å²) in [7, 11) is 0. The van der Waals surface area contributed by atoms with E-state index in [1.807, 2.05) is 0 Å². The van der Waals surface area contributed by atoms with Crippen LogP contribution >= 0.6 is 0 Å². The molecule has 0 atom stereocenters. The highest BCUT2D eigenvalue weighted by molar-refractivity contribution is 5.00. The maximum absolute atomic E-state index is 1.56. The lowest BCUT2D eigenvalue weighted by Gasteiger charge is -2.49. The Hall–Kier alpha value is 0. The molecule has 24 saturated carbocycles. The molecule has 24 rings (SSSR count). The SMILES string of the molecule is C1CC2(C1)CC2.C1CC2(C1)CCC2.C1CCC1.C1CCC2(C1)CC2.C1CCC2(C1)CCC2.C1CCC2(C1)CCCC2.C1CCC2(CC1)CC2.C1CCC2(CC1)CCC2.C1CCC2(CC1)CCCC2.C1CCC2(CC1)CCCCC2.C1CCCC1.C1CCCC2(CC1)CCCC2.C1CCCCC1.C1CCCCCC1. The molecule has 0 unspecified atom stereocenters. The monoisotopic (exact) mass is 1490 g/mol. The lowest BCUT2D eigenvalue weighted by molar-refractivity contribution is 0.0314. The van der Waals surface area contributed by atoms with Gasteiger partial charge < -0.3 is 0 Å². The topological polar surface area (TPSA) is 0 Å². The molecule has 24 aliphatic carbocycles. The van der Waals surface area contributed by atoms with Gasteiger partial charge in [0.2, 0.25) is 0 Å². The summed E-state index contributed by atoms with van der Waals surface area (Å²) >= 11 is 0. The van der Waals surface area contributed by atoms with Gasteiger partial charge in [0, 0.05) is 0 Å². The van der Waals surface area contributed by atoms with Gasteiger partial charge in [-0.15, -0.1) is 0 Å². The second kappa shape index (κ2) is 48.2. The normalized spacial score (nSPS) is 30.7. The average Bonchev–Trinajstić information content (AvgIpc) is 1.58. The van der Waals surface area contributed by atoms with Crippen molar-refractivity contribution in [3.63, 3.8) is 0 Å². The molecule has 0 aromatic heterocycles. The van der Waals surface area contributed by atoms with Crippen LogP contribution in [0.1, 0.15) is 629 Å². The van der Waals surface area contributed by atoms with Gasteiger partial charge in [0.25, 0.3) is 0 Å². The van der Waals surface area contributed by atoms with Crippen LogP contribution in [-0.4, -0.2) is 0 Å². The van der Waals surface area contributed by atoms with Crippen molar-refractivity contribution in [1.29, 1.82) is 0 Å². The number of hydrogen-bond acceptors (Lipinski definition) is 0. The van der Waals surface area contributed by atoms with Crippen LogP contribution < -0.4 is 0 Å². The van der Waals surface area contributed by atoms with Crippen LogP contribution in [0.3, 0.4) is 0 Å². The molecular weight excluding hydrogens is 1300 g/mol. The second-order valence-corrected chi connectivity index (χ2v) is 45.5. The zero-order chi connectivity index (χ0) is 74.3. The summed E-state index contributed by atoms with van der Waals surface area (Å²) in [6, 6.07) is 0. The van der Waals surface area contributed by atoms with Gasteiger partial charge in [-0.1, -0.05) is 372 Å². The van der Waals surface area contributed by atoms with E-state index in [0.29, 0.717) is 0 Å². The van der Waals surface area contributed by atoms with Gasteiger partial charge in [0.05, 0.1) is 0 Å². The summed E-state index contributed by atoms with van der Waals surface area (Å²) in [5, 5.41) is 0. The Labute approximate surface area is 679 Å². The molecule has 108 heavy (non-hydrogen) atoms. The van der Waals surface area contributed by atoms with Crippen molar-refractivity contribution in [1.82, 2.24) is 0 Å². The van der Waals surface area contributed by atoms with Crippen LogP contribution in [0.2, 0.25) is 0 Å². The molecule has 0 radical (unpaired) electrons. The highest BCUT2D eigenvalue weighted by Gasteiger charge is 2.48. The second-order valence-electron chi connectivity index (χ2n) is 45.5. The van der Waals surface area contributed by atoms with Gasteiger partial charge in [-0.25, -0.2) is 0 Å². The molecule has 0 saturated heterocycles. The maximum Gasteiger partial charge on any atom is -0.0297 e. The van der Waals surface area contributed by atoms with E-state index < -0.39 is 0 Å². The Morgan fingerprint density at radius 3 is 0.176 bits per heavy atom. The molecule has 0 bridgehead atoms. The maximum atomic E-state index is 1.56. The van der Waals surface area contributed by atoms with Crippen LogP contribution in [0.25, 0.3) is 0 Å². The largest absolute Gasteiger partial charge is 0.0533 e. The average molecular weight is 1490 g/mol. The van der Waals surface area contributed by atoms with Crippen molar-refractivity contribution < 1.29 is 0 Å². The Kier molecular flexibility index (Phi) is 39.6. The van der Waals surface area contributed by atoms with Crippen LogP contribution in [0.15, 0.2) is 0 Å². The van der Waals surface area contributed by atoms with Gasteiger partial charge in [0.1, 0.15) is 0 Å². The van der Waals surface area contributed by atoms with E-state index in [9.17, 15) is 0 Å². The standard InChI is InChI=1S/2C11H20.C10H18.2C9H16.2C8H14.2C7H12.C7H14.C6H10.C6H12.C5H10.C4H8/c1-3-7-11(8-4-1)9-5-2-6-10-11;1-2-4-8-11(7-3-1)9-5-6-10-11;1-2-6-10(7-3-1)8-4-5-9-10;1-2-6-9(5-1)7-3-4-8-9;1-2-5-9(6-3-1)7-4-8-9;1-2-5-8(4-1)6-3-7-8;1-2-4-8(5-3-1)6-7-8;1-3-7(4-1)5-2-6-7;1-2-4-7(3-1)5-6-7;1-2-4-6-7-5-3-1;1-2-6(3-1)4-5-6;1-2-4-6-5-3-1;1-2-4-5-3-1;1-2-4-3-1/h2*1-10H2;1-9H2;2*1-8H2;2*1-7H2;2*1-6H2;1-7H2;1-5H2;1-6H2;1-5H2;1-4H2. The fourth-order valence-electron chi connectivity index (χ4n) is 27.1. The molecule has 0 aromatic rings. The molecule has 0 heterocycles. The lowest BCUT2D eigenvalue weighted by Crippen LogP contribution is -2.35. The minimum atomic E-state index is 0.858. The van der Waals surface area contributed by atoms with Gasteiger partial charge in [-0.05, 0) is 311 Å². The molecule has 628 valence electrons. The Morgan fingerprint density at radius 2 is 0.102 bits per heavy atom. The van der Waals surface area contributed by atoms with Crippen molar-refractivity contribution in [2.45, 2.75) is 629 Å². The molecule has 0 N–H and O–H groups in total. The number of rotatable bonds is 0. The first kappa shape index (κ1) is 88.8. The smallest absolute Gasteiger partial charge is 0.0297 e. The highest BCUT2D eigenvalue weighted by Crippen LogP contribution is 2.62. The van der Waals surface area contributed by atoms with Gasteiger partial charge >= 0.3 is 0 Å². The predicted molar refractivity (Wildman–Crippen MR) is 477 cm³/mol. The first-order valence-electron chi connectivity index (χ1n) is 53.1. The molecule has 10 spiro atoms. The van der Waals surface area contributed by atoms with Crippen molar-refractivity contribution in [2.75, 3.05) is 0 Å². The first-order valence-corrected chi connectivity index (χ1v) is 53.1. The molecule has 24 aliphatic rings. The van der Waals surface area contributed by atoms with Crippen molar-refractivity contribution in [2.24, 2.45) is 54.1 Å².